The fourth-order valence-corrected chi connectivity index (χ4v) is 3.99. The lowest BCUT2D eigenvalue weighted by molar-refractivity contribution is 0.1000. The van der Waals surface area contributed by atoms with Crippen LogP contribution in [0.4, 0.5) is 0 Å². The first-order valence-electron chi connectivity index (χ1n) is 6.76. The molecule has 0 aromatic heterocycles. The molecule has 0 unspecified atom stereocenters. The molecule has 3 N–H and O–H groups in total. The summed E-state index contributed by atoms with van der Waals surface area (Å²) >= 11 is 0. The number of hydrogen-bond donors (Lipinski definition) is 2. The topological polar surface area (TPSA) is 89.3 Å². The maximum absolute atomic E-state index is 12.4. The van der Waals surface area contributed by atoms with Crippen LogP contribution in [0.3, 0.4) is 0 Å². The summed E-state index contributed by atoms with van der Waals surface area (Å²) in [7, 11) is -3.63. The third-order valence-electron chi connectivity index (χ3n) is 2.83. The lowest BCUT2D eigenvalue weighted by Crippen LogP contribution is -2.45. The Morgan fingerprint density at radius 1 is 1.10 bits per heavy atom. The van der Waals surface area contributed by atoms with E-state index in [2.05, 4.69) is 25.5 Å². The second kappa shape index (κ2) is 5.77. The summed E-state index contributed by atoms with van der Waals surface area (Å²) in [6.45, 7) is 9.89. The third kappa shape index (κ3) is 5.47. The summed E-state index contributed by atoms with van der Waals surface area (Å²) in [4.78, 5) is 11.1. The molecule has 1 rings (SSSR count). The van der Waals surface area contributed by atoms with E-state index in [0.29, 0.717) is 6.42 Å². The maximum atomic E-state index is 12.4. The van der Waals surface area contributed by atoms with Gasteiger partial charge in [-0.3, -0.25) is 4.79 Å². The summed E-state index contributed by atoms with van der Waals surface area (Å²) < 4.78 is 27.5. The van der Waals surface area contributed by atoms with Gasteiger partial charge < -0.3 is 5.73 Å². The van der Waals surface area contributed by atoms with Crippen molar-refractivity contribution in [3.05, 3.63) is 29.8 Å². The molecule has 0 saturated carbocycles. The molecule has 0 atom stereocenters. The van der Waals surface area contributed by atoms with Gasteiger partial charge in [0.2, 0.25) is 15.9 Å². The Balaban J connectivity index is 2.98. The molecular formula is C15H24N2O3S. The molecule has 1 aromatic rings. The van der Waals surface area contributed by atoms with Crippen molar-refractivity contribution in [2.24, 2.45) is 11.1 Å². The first kappa shape index (κ1) is 17.7. The fourth-order valence-electron chi connectivity index (χ4n) is 2.58. The van der Waals surface area contributed by atoms with Crippen LogP contribution in [-0.4, -0.2) is 19.9 Å². The van der Waals surface area contributed by atoms with Crippen molar-refractivity contribution in [3.63, 3.8) is 0 Å². The van der Waals surface area contributed by atoms with Crippen molar-refractivity contribution in [2.75, 3.05) is 0 Å². The van der Waals surface area contributed by atoms with Gasteiger partial charge in [0.25, 0.3) is 0 Å². The van der Waals surface area contributed by atoms with Gasteiger partial charge in [0.15, 0.2) is 0 Å². The number of nitrogens with one attached hydrogen (secondary N) is 1. The highest BCUT2D eigenvalue weighted by Gasteiger charge is 2.30. The van der Waals surface area contributed by atoms with E-state index in [9.17, 15) is 13.2 Å². The SMILES string of the molecule is CC(C)(C)CC(C)(C)NS(=O)(=O)c1ccc(C(N)=O)cc1. The molecule has 5 nitrogen and oxygen atoms in total. The Morgan fingerprint density at radius 2 is 1.57 bits per heavy atom. The summed E-state index contributed by atoms with van der Waals surface area (Å²) in [5.74, 6) is -0.583. The molecule has 1 aromatic carbocycles. The van der Waals surface area contributed by atoms with E-state index >= 15 is 0 Å². The van der Waals surface area contributed by atoms with Gasteiger partial charge in [-0.1, -0.05) is 20.8 Å². The van der Waals surface area contributed by atoms with Gasteiger partial charge in [-0.2, -0.15) is 0 Å². The number of carbonyl (C=O) groups is 1. The zero-order valence-electron chi connectivity index (χ0n) is 13.2. The van der Waals surface area contributed by atoms with E-state index in [1.54, 1.807) is 0 Å². The van der Waals surface area contributed by atoms with Gasteiger partial charge in [0.05, 0.1) is 4.90 Å². The zero-order chi connectivity index (χ0) is 16.5. The van der Waals surface area contributed by atoms with Crippen LogP contribution in [0.25, 0.3) is 0 Å². The highest BCUT2D eigenvalue weighted by Crippen LogP contribution is 2.28. The van der Waals surface area contributed by atoms with Crippen molar-refractivity contribution in [1.82, 2.24) is 4.72 Å². The van der Waals surface area contributed by atoms with Crippen LogP contribution in [0.2, 0.25) is 0 Å². The predicted octanol–water partition coefficient (Wildman–Crippen LogP) is 2.28. The normalized spacial score (nSPS) is 13.2. The molecule has 0 spiro atoms. The monoisotopic (exact) mass is 312 g/mol. The minimum absolute atomic E-state index is 0.00183. The molecule has 0 saturated heterocycles. The number of hydrogen-bond acceptors (Lipinski definition) is 3. The van der Waals surface area contributed by atoms with Crippen LogP contribution in [-0.2, 0) is 10.0 Å². The van der Waals surface area contributed by atoms with Gasteiger partial charge in [-0.15, -0.1) is 0 Å². The van der Waals surface area contributed by atoms with Crippen molar-refractivity contribution in [3.8, 4) is 0 Å². The summed E-state index contributed by atoms with van der Waals surface area (Å²) in [6, 6.07) is 5.59. The highest BCUT2D eigenvalue weighted by atomic mass is 32.2. The van der Waals surface area contributed by atoms with Crippen molar-refractivity contribution in [1.29, 1.82) is 0 Å². The predicted molar refractivity (Wildman–Crippen MR) is 83.4 cm³/mol. The van der Waals surface area contributed by atoms with E-state index in [4.69, 9.17) is 5.73 Å². The van der Waals surface area contributed by atoms with Crippen LogP contribution in [0.1, 0.15) is 51.4 Å². The molecule has 21 heavy (non-hydrogen) atoms. The van der Waals surface area contributed by atoms with E-state index in [1.807, 2.05) is 13.8 Å². The smallest absolute Gasteiger partial charge is 0.248 e. The third-order valence-corrected chi connectivity index (χ3v) is 4.55. The summed E-state index contributed by atoms with van der Waals surface area (Å²) in [5.41, 5.74) is 4.85. The minimum atomic E-state index is -3.63. The number of nitrogens with two attached hydrogens (primary N) is 1. The molecule has 0 bridgehead atoms. The first-order valence-corrected chi connectivity index (χ1v) is 8.25. The number of primary amides is 1. The van der Waals surface area contributed by atoms with Crippen molar-refractivity contribution >= 4 is 15.9 Å². The number of sulfonamides is 1. The largest absolute Gasteiger partial charge is 0.366 e. The van der Waals surface area contributed by atoms with Gasteiger partial charge >= 0.3 is 0 Å². The zero-order valence-corrected chi connectivity index (χ0v) is 14.0. The van der Waals surface area contributed by atoms with E-state index in [0.717, 1.165) is 0 Å². The Morgan fingerprint density at radius 3 is 1.95 bits per heavy atom. The molecule has 1 amide bonds. The van der Waals surface area contributed by atoms with Crippen LogP contribution in [0.15, 0.2) is 29.2 Å². The van der Waals surface area contributed by atoms with Crippen molar-refractivity contribution in [2.45, 2.75) is 51.5 Å². The molecule has 0 aliphatic rings. The summed E-state index contributed by atoms with van der Waals surface area (Å²) in [5, 5.41) is 0. The van der Waals surface area contributed by atoms with Gasteiger partial charge in [-0.25, -0.2) is 13.1 Å². The minimum Gasteiger partial charge on any atom is -0.366 e. The van der Waals surface area contributed by atoms with Gasteiger partial charge in [0.1, 0.15) is 0 Å². The summed E-state index contributed by atoms with van der Waals surface area (Å²) in [6.07, 6.45) is 0.693. The van der Waals surface area contributed by atoms with Gasteiger partial charge in [0, 0.05) is 11.1 Å². The fraction of sp³-hybridized carbons (Fsp3) is 0.533. The number of benzene rings is 1. The number of amides is 1. The highest BCUT2D eigenvalue weighted by molar-refractivity contribution is 7.89. The second-order valence-corrected chi connectivity index (χ2v) is 8.80. The van der Waals surface area contributed by atoms with E-state index in [-0.39, 0.29) is 15.9 Å². The molecule has 0 aliphatic carbocycles. The number of carbonyl (C=O) groups excluding carboxylic acids is 1. The first-order chi connectivity index (χ1) is 9.32. The lowest BCUT2D eigenvalue weighted by atomic mass is 9.82. The number of rotatable bonds is 5. The maximum Gasteiger partial charge on any atom is 0.248 e. The molecule has 118 valence electrons. The average molecular weight is 312 g/mol. The molecule has 0 aliphatic heterocycles. The Kier molecular flexibility index (Phi) is 4.85. The van der Waals surface area contributed by atoms with Crippen molar-refractivity contribution < 1.29 is 13.2 Å². The Labute approximate surface area is 127 Å². The van der Waals surface area contributed by atoms with Crippen LogP contribution < -0.4 is 10.5 Å². The van der Waals surface area contributed by atoms with Gasteiger partial charge in [-0.05, 0) is 49.9 Å². The molecular weight excluding hydrogens is 288 g/mol. The second-order valence-electron chi connectivity index (χ2n) is 7.12. The standard InChI is InChI=1S/C15H24N2O3S/c1-14(2,3)10-15(4,5)17-21(19,20)12-8-6-11(7-9-12)13(16)18/h6-9,17H,10H2,1-5H3,(H2,16,18). The van der Waals surface area contributed by atoms with Crippen LogP contribution in [0.5, 0.6) is 0 Å². The average Bonchev–Trinajstić information content (AvgIpc) is 2.24. The Hall–Kier alpha value is -1.40. The lowest BCUT2D eigenvalue weighted by Gasteiger charge is -2.32. The molecule has 6 heteroatoms. The molecule has 0 heterocycles. The van der Waals surface area contributed by atoms with Crippen LogP contribution in [0, 0.1) is 5.41 Å². The van der Waals surface area contributed by atoms with E-state index < -0.39 is 21.5 Å². The van der Waals surface area contributed by atoms with E-state index in [1.165, 1.54) is 24.3 Å². The molecule has 0 radical (unpaired) electrons. The molecule has 0 fully saturated rings. The van der Waals surface area contributed by atoms with Crippen LogP contribution >= 0.6 is 0 Å². The Bertz CT molecular complexity index is 611. The quantitative estimate of drug-likeness (QED) is 0.874.